The lowest BCUT2D eigenvalue weighted by atomic mass is 10.2. The maximum absolute atomic E-state index is 12.2. The minimum absolute atomic E-state index is 0.0414. The van der Waals surface area contributed by atoms with Crippen LogP contribution in [-0.2, 0) is 16.0 Å². The van der Waals surface area contributed by atoms with Gasteiger partial charge in [-0.2, -0.15) is 0 Å². The summed E-state index contributed by atoms with van der Waals surface area (Å²) in [5.41, 5.74) is 0.226. The maximum atomic E-state index is 12.2. The number of alkyl halides is 3. The molecule has 9 heteroatoms. The van der Waals surface area contributed by atoms with E-state index in [1.807, 2.05) is 0 Å². The van der Waals surface area contributed by atoms with Gasteiger partial charge >= 0.3 is 12.3 Å². The number of esters is 1. The fourth-order valence-corrected chi connectivity index (χ4v) is 1.93. The molecule has 1 aromatic rings. The van der Waals surface area contributed by atoms with Crippen LogP contribution in [0, 0.1) is 3.57 Å². The first kappa shape index (κ1) is 15.8. The lowest BCUT2D eigenvalue weighted by Crippen LogP contribution is -2.19. The van der Waals surface area contributed by atoms with E-state index in [9.17, 15) is 18.0 Å². The minimum atomic E-state index is -4.86. The molecule has 0 radical (unpaired) electrons. The summed E-state index contributed by atoms with van der Waals surface area (Å²) in [6.07, 6.45) is -4.04. The molecule has 0 N–H and O–H groups in total. The molecular formula is C10H9F3INO4. The van der Waals surface area contributed by atoms with Crippen molar-refractivity contribution in [2.75, 3.05) is 14.2 Å². The molecule has 0 aliphatic rings. The van der Waals surface area contributed by atoms with Gasteiger partial charge in [-0.15, -0.1) is 13.2 Å². The normalized spacial score (nSPS) is 11.1. The smallest absolute Gasteiger partial charge is 0.495 e. The van der Waals surface area contributed by atoms with Gasteiger partial charge in [0.15, 0.2) is 0 Å². The van der Waals surface area contributed by atoms with Crippen molar-refractivity contribution in [3.8, 4) is 11.6 Å². The van der Waals surface area contributed by atoms with Gasteiger partial charge in [-0.25, -0.2) is 4.98 Å². The molecule has 0 aliphatic heterocycles. The Morgan fingerprint density at radius 2 is 2.05 bits per heavy atom. The number of aromatic nitrogens is 1. The van der Waals surface area contributed by atoms with Gasteiger partial charge in [0.05, 0.1) is 30.4 Å². The highest BCUT2D eigenvalue weighted by Crippen LogP contribution is 2.33. The largest absolute Gasteiger partial charge is 0.574 e. The molecular weight excluding hydrogens is 382 g/mol. The fourth-order valence-electron chi connectivity index (χ4n) is 1.23. The first-order chi connectivity index (χ1) is 8.78. The van der Waals surface area contributed by atoms with E-state index in [0.29, 0.717) is 0 Å². The van der Waals surface area contributed by atoms with Gasteiger partial charge in [0.1, 0.15) is 5.75 Å². The highest BCUT2D eigenvalue weighted by Gasteiger charge is 2.33. The van der Waals surface area contributed by atoms with E-state index in [1.165, 1.54) is 14.2 Å². The number of carbonyl (C=O) groups excluding carboxylic acids is 1. The molecule has 5 nitrogen and oxygen atoms in total. The summed E-state index contributed by atoms with van der Waals surface area (Å²) >= 11 is 1.60. The topological polar surface area (TPSA) is 57.7 Å². The standard InChI is InChI=1S/C10H9F3INO4/c1-17-6-4-15-9(19-10(11,12)13)8(14)5(6)3-7(16)18-2/h4H,3H2,1-2H3. The summed E-state index contributed by atoms with van der Waals surface area (Å²) in [6, 6.07) is 0. The Kier molecular flexibility index (Phi) is 5.20. The SMILES string of the molecule is COC(=O)Cc1c(OC)cnc(OC(F)(F)F)c1I. The number of methoxy groups -OCH3 is 2. The van der Waals surface area contributed by atoms with Gasteiger partial charge in [-0.05, 0) is 22.6 Å². The van der Waals surface area contributed by atoms with E-state index in [0.717, 1.165) is 6.20 Å². The highest BCUT2D eigenvalue weighted by atomic mass is 127. The first-order valence-corrected chi connectivity index (χ1v) is 5.90. The summed E-state index contributed by atoms with van der Waals surface area (Å²) < 4.78 is 49.7. The van der Waals surface area contributed by atoms with E-state index in [-0.39, 0.29) is 21.3 Å². The zero-order valence-corrected chi connectivity index (χ0v) is 12.0. The molecule has 106 valence electrons. The second-order valence-corrected chi connectivity index (χ2v) is 4.30. The maximum Gasteiger partial charge on any atom is 0.574 e. The predicted octanol–water partition coefficient (Wildman–Crippen LogP) is 2.31. The van der Waals surface area contributed by atoms with Crippen molar-refractivity contribution in [3.63, 3.8) is 0 Å². The van der Waals surface area contributed by atoms with Crippen LogP contribution in [0.5, 0.6) is 11.6 Å². The van der Waals surface area contributed by atoms with Crippen molar-refractivity contribution >= 4 is 28.6 Å². The Hall–Kier alpha value is -1.26. The molecule has 1 rings (SSSR count). The van der Waals surface area contributed by atoms with Crippen LogP contribution in [0.25, 0.3) is 0 Å². The number of halogens is 4. The highest BCUT2D eigenvalue weighted by molar-refractivity contribution is 14.1. The van der Waals surface area contributed by atoms with Gasteiger partial charge in [-0.3, -0.25) is 4.79 Å². The van der Waals surface area contributed by atoms with E-state index in [1.54, 1.807) is 22.6 Å². The quantitative estimate of drug-likeness (QED) is 0.583. The molecule has 0 saturated carbocycles. The van der Waals surface area contributed by atoms with Crippen molar-refractivity contribution in [1.29, 1.82) is 0 Å². The molecule has 0 saturated heterocycles. The lowest BCUT2D eigenvalue weighted by Gasteiger charge is -2.14. The summed E-state index contributed by atoms with van der Waals surface area (Å²) in [5.74, 6) is -1.06. The third-order valence-corrected chi connectivity index (χ3v) is 3.14. The molecule has 0 unspecified atom stereocenters. The zero-order chi connectivity index (χ0) is 14.6. The van der Waals surface area contributed by atoms with Crippen molar-refractivity contribution in [1.82, 2.24) is 4.98 Å². The number of ether oxygens (including phenoxy) is 3. The molecule has 1 aromatic heterocycles. The molecule has 19 heavy (non-hydrogen) atoms. The van der Waals surface area contributed by atoms with Crippen molar-refractivity contribution in [3.05, 3.63) is 15.3 Å². The Morgan fingerprint density at radius 3 is 2.53 bits per heavy atom. The third kappa shape index (κ3) is 4.40. The van der Waals surface area contributed by atoms with Crippen LogP contribution in [0.1, 0.15) is 5.56 Å². The van der Waals surface area contributed by atoms with Crippen LogP contribution in [0.3, 0.4) is 0 Å². The molecule has 0 aromatic carbocycles. The average Bonchev–Trinajstić information content (AvgIpc) is 2.32. The van der Waals surface area contributed by atoms with Crippen LogP contribution >= 0.6 is 22.6 Å². The van der Waals surface area contributed by atoms with Crippen molar-refractivity contribution in [2.24, 2.45) is 0 Å². The summed E-state index contributed by atoms with van der Waals surface area (Å²) in [7, 11) is 2.49. The number of rotatable bonds is 4. The number of hydrogen-bond donors (Lipinski definition) is 0. The molecule has 0 aliphatic carbocycles. The van der Waals surface area contributed by atoms with Crippen LogP contribution in [0.15, 0.2) is 6.20 Å². The van der Waals surface area contributed by atoms with Crippen LogP contribution in [0.2, 0.25) is 0 Å². The predicted molar refractivity (Wildman–Crippen MR) is 65.9 cm³/mol. The second kappa shape index (κ2) is 6.26. The van der Waals surface area contributed by atoms with Crippen LogP contribution < -0.4 is 9.47 Å². The Morgan fingerprint density at radius 1 is 1.42 bits per heavy atom. The van der Waals surface area contributed by atoms with Gasteiger partial charge in [0.25, 0.3) is 0 Å². The summed E-state index contributed by atoms with van der Waals surface area (Å²) in [5, 5.41) is 0. The van der Waals surface area contributed by atoms with Gasteiger partial charge < -0.3 is 14.2 Å². The monoisotopic (exact) mass is 391 g/mol. The zero-order valence-electron chi connectivity index (χ0n) is 9.88. The number of nitrogens with zero attached hydrogens (tertiary/aromatic N) is 1. The lowest BCUT2D eigenvalue weighted by molar-refractivity contribution is -0.276. The summed E-state index contributed by atoms with van der Waals surface area (Å²) in [6.45, 7) is 0. The van der Waals surface area contributed by atoms with Crippen LogP contribution in [0.4, 0.5) is 13.2 Å². The summed E-state index contributed by atoms with van der Waals surface area (Å²) in [4.78, 5) is 14.7. The van der Waals surface area contributed by atoms with Crippen molar-refractivity contribution in [2.45, 2.75) is 12.8 Å². The van der Waals surface area contributed by atoms with Gasteiger partial charge in [-0.1, -0.05) is 0 Å². The third-order valence-electron chi connectivity index (χ3n) is 2.03. The first-order valence-electron chi connectivity index (χ1n) is 4.82. The second-order valence-electron chi connectivity index (χ2n) is 3.22. The molecule has 0 atom stereocenters. The van der Waals surface area contributed by atoms with E-state index < -0.39 is 18.2 Å². The average molecular weight is 391 g/mol. The fraction of sp³-hybridized carbons (Fsp3) is 0.400. The molecule has 0 bridgehead atoms. The van der Waals surface area contributed by atoms with E-state index >= 15 is 0 Å². The molecule has 0 fully saturated rings. The van der Waals surface area contributed by atoms with E-state index in [4.69, 9.17) is 4.74 Å². The van der Waals surface area contributed by atoms with Gasteiger partial charge in [0.2, 0.25) is 5.88 Å². The Balaban J connectivity index is 3.18. The minimum Gasteiger partial charge on any atom is -0.495 e. The molecule has 0 amide bonds. The van der Waals surface area contributed by atoms with Crippen LogP contribution in [-0.4, -0.2) is 31.5 Å². The van der Waals surface area contributed by atoms with Gasteiger partial charge in [0, 0.05) is 5.56 Å². The number of hydrogen-bond acceptors (Lipinski definition) is 5. The van der Waals surface area contributed by atoms with E-state index in [2.05, 4.69) is 14.5 Å². The number of carbonyl (C=O) groups is 1. The van der Waals surface area contributed by atoms with Crippen molar-refractivity contribution < 1.29 is 32.2 Å². The number of pyridine rings is 1. The Labute approximate surface area is 120 Å². The molecule has 1 heterocycles. The molecule has 0 spiro atoms. The Bertz CT molecular complexity index is 479.